The van der Waals surface area contributed by atoms with E-state index in [0.29, 0.717) is 19.1 Å². The van der Waals surface area contributed by atoms with Crippen LogP contribution in [0.5, 0.6) is 0 Å². The molecule has 1 N–H and O–H groups in total. The average Bonchev–Trinajstić information content (AvgIpc) is 2.88. The molecule has 9 heteroatoms. The van der Waals surface area contributed by atoms with E-state index < -0.39 is 26.7 Å². The van der Waals surface area contributed by atoms with Crippen LogP contribution in [0.1, 0.15) is 18.4 Å². The first-order valence-corrected chi connectivity index (χ1v) is 8.04. The fraction of sp³-hybridized carbons (Fsp3) is 0.500. The molecule has 1 aromatic rings. The summed E-state index contributed by atoms with van der Waals surface area (Å²) >= 11 is 5.52. The van der Waals surface area contributed by atoms with E-state index in [9.17, 15) is 21.6 Å². The SMILES string of the molecule is O=S(=O)(NCC1CCCO1)c1ccc(Cl)cc1C(F)(F)F. The van der Waals surface area contributed by atoms with Crippen molar-refractivity contribution in [2.45, 2.75) is 30.0 Å². The second kappa shape index (κ2) is 6.12. The lowest BCUT2D eigenvalue weighted by atomic mass is 10.2. The van der Waals surface area contributed by atoms with Gasteiger partial charge >= 0.3 is 6.18 Å². The monoisotopic (exact) mass is 343 g/mol. The molecule has 21 heavy (non-hydrogen) atoms. The highest BCUT2D eigenvalue weighted by Gasteiger charge is 2.37. The lowest BCUT2D eigenvalue weighted by Gasteiger charge is -2.15. The summed E-state index contributed by atoms with van der Waals surface area (Å²) in [4.78, 5) is -0.836. The predicted molar refractivity (Wildman–Crippen MR) is 70.6 cm³/mol. The van der Waals surface area contributed by atoms with Gasteiger partial charge in [0, 0.05) is 18.2 Å². The summed E-state index contributed by atoms with van der Waals surface area (Å²) in [6.45, 7) is 0.476. The van der Waals surface area contributed by atoms with Crippen LogP contribution in [0.15, 0.2) is 23.1 Å². The minimum Gasteiger partial charge on any atom is -0.377 e. The van der Waals surface area contributed by atoms with E-state index in [4.69, 9.17) is 16.3 Å². The third kappa shape index (κ3) is 4.09. The van der Waals surface area contributed by atoms with Gasteiger partial charge in [0.2, 0.25) is 10.0 Å². The van der Waals surface area contributed by atoms with Crippen molar-refractivity contribution in [3.8, 4) is 0 Å². The molecule has 0 saturated carbocycles. The summed E-state index contributed by atoms with van der Waals surface area (Å²) in [5.74, 6) is 0. The van der Waals surface area contributed by atoms with Gasteiger partial charge in [-0.15, -0.1) is 0 Å². The first-order valence-electron chi connectivity index (χ1n) is 6.18. The Morgan fingerprint density at radius 2 is 2.10 bits per heavy atom. The number of sulfonamides is 1. The number of hydrogen-bond acceptors (Lipinski definition) is 3. The summed E-state index contributed by atoms with van der Waals surface area (Å²) in [6.07, 6.45) is -3.63. The molecule has 1 aliphatic rings. The van der Waals surface area contributed by atoms with Crippen LogP contribution >= 0.6 is 11.6 Å². The van der Waals surface area contributed by atoms with Gasteiger partial charge in [0.25, 0.3) is 0 Å². The van der Waals surface area contributed by atoms with Crippen molar-refractivity contribution < 1.29 is 26.3 Å². The molecule has 0 aliphatic carbocycles. The number of rotatable bonds is 4. The smallest absolute Gasteiger partial charge is 0.377 e. The van der Waals surface area contributed by atoms with E-state index >= 15 is 0 Å². The molecule has 118 valence electrons. The lowest BCUT2D eigenvalue weighted by Crippen LogP contribution is -2.33. The van der Waals surface area contributed by atoms with Crippen molar-refractivity contribution >= 4 is 21.6 Å². The van der Waals surface area contributed by atoms with Gasteiger partial charge < -0.3 is 4.74 Å². The van der Waals surface area contributed by atoms with Crippen molar-refractivity contribution in [3.05, 3.63) is 28.8 Å². The van der Waals surface area contributed by atoms with E-state index in [1.54, 1.807) is 0 Å². The van der Waals surface area contributed by atoms with Crippen molar-refractivity contribution in [2.24, 2.45) is 0 Å². The standard InChI is InChI=1S/C12H13ClF3NO3S/c13-8-3-4-11(10(6-8)12(14,15)16)21(18,19)17-7-9-2-1-5-20-9/h3-4,6,9,17H,1-2,5,7H2. The molecule has 4 nitrogen and oxygen atoms in total. The van der Waals surface area contributed by atoms with Crippen LogP contribution in [-0.2, 0) is 20.9 Å². The van der Waals surface area contributed by atoms with Gasteiger partial charge in [0.15, 0.2) is 0 Å². The van der Waals surface area contributed by atoms with Gasteiger partial charge in [0.05, 0.1) is 16.6 Å². The van der Waals surface area contributed by atoms with Gasteiger partial charge in [-0.1, -0.05) is 11.6 Å². The molecule has 1 unspecified atom stereocenters. The topological polar surface area (TPSA) is 55.4 Å². The van der Waals surface area contributed by atoms with Crippen molar-refractivity contribution in [3.63, 3.8) is 0 Å². The van der Waals surface area contributed by atoms with Crippen LogP contribution in [0, 0.1) is 0 Å². The van der Waals surface area contributed by atoms with Gasteiger partial charge in [-0.05, 0) is 31.0 Å². The quantitative estimate of drug-likeness (QED) is 0.914. The van der Waals surface area contributed by atoms with Gasteiger partial charge in [0.1, 0.15) is 0 Å². The van der Waals surface area contributed by atoms with E-state index in [2.05, 4.69) is 4.72 Å². The minimum atomic E-state index is -4.81. The number of hydrogen-bond donors (Lipinski definition) is 1. The molecule has 1 fully saturated rings. The molecule has 1 atom stereocenters. The molecule has 0 aromatic heterocycles. The van der Waals surface area contributed by atoms with Gasteiger partial charge in [-0.2, -0.15) is 13.2 Å². The highest BCUT2D eigenvalue weighted by molar-refractivity contribution is 7.89. The Hall–Kier alpha value is -0.830. The van der Waals surface area contributed by atoms with Crippen LogP contribution in [-0.4, -0.2) is 27.7 Å². The maximum atomic E-state index is 12.9. The van der Waals surface area contributed by atoms with Crippen LogP contribution < -0.4 is 4.72 Å². The Morgan fingerprint density at radius 3 is 2.67 bits per heavy atom. The van der Waals surface area contributed by atoms with E-state index in [-0.39, 0.29) is 17.7 Å². The molecule has 0 radical (unpaired) electrons. The number of halogens is 4. The zero-order chi connectivity index (χ0) is 15.7. The van der Waals surface area contributed by atoms with E-state index in [1.165, 1.54) is 0 Å². The zero-order valence-corrected chi connectivity index (χ0v) is 12.4. The molecular formula is C12H13ClF3NO3S. The molecule has 2 rings (SSSR count). The third-order valence-electron chi connectivity index (χ3n) is 3.06. The Kier molecular flexibility index (Phi) is 4.82. The molecule has 1 aliphatic heterocycles. The second-order valence-corrected chi connectivity index (χ2v) is 6.80. The fourth-order valence-electron chi connectivity index (χ4n) is 2.04. The molecule has 0 bridgehead atoms. The summed E-state index contributed by atoms with van der Waals surface area (Å²) in [5, 5.41) is -0.180. The summed E-state index contributed by atoms with van der Waals surface area (Å²) in [5.41, 5.74) is -1.28. The van der Waals surface area contributed by atoms with Crippen LogP contribution in [0.25, 0.3) is 0 Å². The highest BCUT2D eigenvalue weighted by Crippen LogP contribution is 2.35. The average molecular weight is 344 g/mol. The van der Waals surface area contributed by atoms with Crippen LogP contribution in [0.3, 0.4) is 0 Å². The molecule has 1 saturated heterocycles. The predicted octanol–water partition coefficient (Wildman–Crippen LogP) is 2.82. The number of nitrogens with one attached hydrogen (secondary N) is 1. The van der Waals surface area contributed by atoms with E-state index in [0.717, 1.165) is 18.6 Å². The summed E-state index contributed by atoms with van der Waals surface area (Å²) in [6, 6.07) is 2.56. The number of ether oxygens (including phenoxy) is 1. The van der Waals surface area contributed by atoms with Crippen molar-refractivity contribution in [2.75, 3.05) is 13.2 Å². The van der Waals surface area contributed by atoms with Gasteiger partial charge in [-0.3, -0.25) is 0 Å². The number of alkyl halides is 3. The Labute approximate surface area is 125 Å². The molecule has 1 heterocycles. The Morgan fingerprint density at radius 1 is 1.38 bits per heavy atom. The molecule has 0 spiro atoms. The van der Waals surface area contributed by atoms with Crippen molar-refractivity contribution in [1.29, 1.82) is 0 Å². The molecule has 1 aromatic carbocycles. The first-order chi connectivity index (χ1) is 9.70. The fourth-order valence-corrected chi connectivity index (χ4v) is 3.49. The Balaban J connectivity index is 2.26. The molecular weight excluding hydrogens is 331 g/mol. The van der Waals surface area contributed by atoms with E-state index in [1.807, 2.05) is 0 Å². The normalized spacial score (nSPS) is 19.9. The van der Waals surface area contributed by atoms with Gasteiger partial charge in [-0.25, -0.2) is 13.1 Å². The first kappa shape index (κ1) is 16.5. The summed E-state index contributed by atoms with van der Waals surface area (Å²) < 4.78 is 70.3. The third-order valence-corrected chi connectivity index (χ3v) is 4.78. The highest BCUT2D eigenvalue weighted by atomic mass is 35.5. The minimum absolute atomic E-state index is 0.0533. The second-order valence-electron chi connectivity index (χ2n) is 4.63. The maximum Gasteiger partial charge on any atom is 0.417 e. The largest absolute Gasteiger partial charge is 0.417 e. The lowest BCUT2D eigenvalue weighted by molar-refractivity contribution is -0.139. The van der Waals surface area contributed by atoms with Crippen molar-refractivity contribution in [1.82, 2.24) is 4.72 Å². The van der Waals surface area contributed by atoms with Crippen LogP contribution in [0.4, 0.5) is 13.2 Å². The Bertz CT molecular complexity index is 613. The summed E-state index contributed by atoms with van der Waals surface area (Å²) in [7, 11) is -4.29. The maximum absolute atomic E-state index is 12.9. The number of benzene rings is 1. The molecule has 0 amide bonds. The van der Waals surface area contributed by atoms with Crippen LogP contribution in [0.2, 0.25) is 5.02 Å². The zero-order valence-electron chi connectivity index (χ0n) is 10.8.